The lowest BCUT2D eigenvalue weighted by atomic mass is 9.95. The van der Waals surface area contributed by atoms with Crippen LogP contribution in [0.1, 0.15) is 6.42 Å². The van der Waals surface area contributed by atoms with Gasteiger partial charge in [0.15, 0.2) is 0 Å². The Morgan fingerprint density at radius 1 is 1.50 bits per heavy atom. The maximum atomic E-state index is 9.22. The van der Waals surface area contributed by atoms with E-state index in [1.807, 2.05) is 6.07 Å². The van der Waals surface area contributed by atoms with E-state index in [1.165, 1.54) is 0 Å². The number of aliphatic hydroxyl groups excluding tert-OH is 1. The van der Waals surface area contributed by atoms with E-state index in [0.29, 0.717) is 5.69 Å². The number of hydrogen-bond acceptors (Lipinski definition) is 5. The molecule has 5 nitrogen and oxygen atoms in total. The third kappa shape index (κ3) is 2.25. The molecule has 16 heavy (non-hydrogen) atoms. The molecular weight excluding hydrogens is 204 g/mol. The monoisotopic (exact) mass is 222 g/mol. The van der Waals surface area contributed by atoms with E-state index in [4.69, 9.17) is 11.5 Å². The highest BCUT2D eigenvalue weighted by Crippen LogP contribution is 2.26. The Balaban J connectivity index is 2.17. The topological polar surface area (TPSA) is 88.4 Å². The van der Waals surface area contributed by atoms with Crippen LogP contribution in [0.4, 0.5) is 11.4 Å². The second-order valence-corrected chi connectivity index (χ2v) is 4.38. The Hall–Kier alpha value is -1.33. The third-order valence-corrected chi connectivity index (χ3v) is 3.00. The summed E-state index contributed by atoms with van der Waals surface area (Å²) in [4.78, 5) is 6.10. The summed E-state index contributed by atoms with van der Waals surface area (Å²) in [5, 5.41) is 9.22. The molecule has 2 rings (SSSR count). The van der Waals surface area contributed by atoms with Crippen molar-refractivity contribution in [1.29, 1.82) is 0 Å². The lowest BCUT2D eigenvalue weighted by Gasteiger charge is -2.37. The van der Waals surface area contributed by atoms with Crippen molar-refractivity contribution in [3.8, 4) is 0 Å². The molecule has 88 valence electrons. The van der Waals surface area contributed by atoms with E-state index in [0.717, 1.165) is 25.2 Å². The van der Waals surface area contributed by atoms with Crippen LogP contribution in [0, 0.1) is 5.92 Å². The number of nitrogen functional groups attached to an aromatic ring is 1. The van der Waals surface area contributed by atoms with E-state index < -0.39 is 0 Å². The van der Waals surface area contributed by atoms with Crippen molar-refractivity contribution in [3.63, 3.8) is 0 Å². The highest BCUT2D eigenvalue weighted by molar-refractivity contribution is 5.66. The van der Waals surface area contributed by atoms with Crippen molar-refractivity contribution in [2.24, 2.45) is 11.7 Å². The molecule has 0 aliphatic carbocycles. The van der Waals surface area contributed by atoms with Gasteiger partial charge in [0.25, 0.3) is 0 Å². The fourth-order valence-corrected chi connectivity index (χ4v) is 2.26. The van der Waals surface area contributed by atoms with Gasteiger partial charge in [0, 0.05) is 37.9 Å². The van der Waals surface area contributed by atoms with Gasteiger partial charge >= 0.3 is 0 Å². The minimum absolute atomic E-state index is 0.0958. The van der Waals surface area contributed by atoms with Crippen LogP contribution in [0.15, 0.2) is 18.5 Å². The highest BCUT2D eigenvalue weighted by Gasteiger charge is 2.25. The lowest BCUT2D eigenvalue weighted by Crippen LogP contribution is -2.48. The van der Waals surface area contributed by atoms with Crippen LogP contribution in [-0.2, 0) is 0 Å². The summed E-state index contributed by atoms with van der Waals surface area (Å²) < 4.78 is 0. The largest absolute Gasteiger partial charge is 0.396 e. The SMILES string of the molecule is Nc1cnccc1N1CC(N)CC(CO)C1. The quantitative estimate of drug-likeness (QED) is 0.645. The summed E-state index contributed by atoms with van der Waals surface area (Å²) in [6, 6.07) is 1.99. The van der Waals surface area contributed by atoms with Crippen molar-refractivity contribution < 1.29 is 5.11 Å². The predicted octanol–water partition coefficient (Wildman–Crippen LogP) is -0.190. The van der Waals surface area contributed by atoms with Crippen molar-refractivity contribution in [1.82, 2.24) is 4.98 Å². The van der Waals surface area contributed by atoms with E-state index in [-0.39, 0.29) is 18.6 Å². The number of piperidine rings is 1. The third-order valence-electron chi connectivity index (χ3n) is 3.00. The first-order valence-electron chi connectivity index (χ1n) is 5.51. The van der Waals surface area contributed by atoms with E-state index >= 15 is 0 Å². The summed E-state index contributed by atoms with van der Waals surface area (Å²) >= 11 is 0. The number of anilines is 2. The van der Waals surface area contributed by atoms with E-state index in [2.05, 4.69) is 9.88 Å². The fraction of sp³-hybridized carbons (Fsp3) is 0.545. The van der Waals surface area contributed by atoms with Gasteiger partial charge in [0.1, 0.15) is 0 Å². The number of rotatable bonds is 2. The van der Waals surface area contributed by atoms with Gasteiger partial charge in [-0.3, -0.25) is 4.98 Å². The van der Waals surface area contributed by atoms with Gasteiger partial charge in [-0.05, 0) is 12.5 Å². The van der Waals surface area contributed by atoms with Crippen LogP contribution < -0.4 is 16.4 Å². The van der Waals surface area contributed by atoms with Crippen LogP contribution in [0.5, 0.6) is 0 Å². The molecule has 2 unspecified atom stereocenters. The van der Waals surface area contributed by atoms with Gasteiger partial charge in [-0.1, -0.05) is 0 Å². The van der Waals surface area contributed by atoms with Crippen LogP contribution in [0.25, 0.3) is 0 Å². The molecule has 2 heterocycles. The maximum Gasteiger partial charge on any atom is 0.0738 e. The zero-order chi connectivity index (χ0) is 11.5. The molecule has 0 spiro atoms. The Morgan fingerprint density at radius 3 is 3.00 bits per heavy atom. The molecule has 1 saturated heterocycles. The Labute approximate surface area is 95.1 Å². The van der Waals surface area contributed by atoms with Gasteiger partial charge in [0.2, 0.25) is 0 Å². The molecule has 5 N–H and O–H groups in total. The average molecular weight is 222 g/mol. The molecule has 0 saturated carbocycles. The first kappa shape index (κ1) is 11.2. The zero-order valence-electron chi connectivity index (χ0n) is 9.21. The molecule has 1 aromatic heterocycles. The van der Waals surface area contributed by atoms with Crippen LogP contribution in [-0.4, -0.2) is 35.8 Å². The first-order valence-corrected chi connectivity index (χ1v) is 5.51. The predicted molar refractivity (Wildman–Crippen MR) is 64.0 cm³/mol. The Morgan fingerprint density at radius 2 is 2.31 bits per heavy atom. The van der Waals surface area contributed by atoms with Crippen LogP contribution >= 0.6 is 0 Å². The maximum absolute atomic E-state index is 9.22. The smallest absolute Gasteiger partial charge is 0.0738 e. The molecular formula is C11H18N4O. The second kappa shape index (κ2) is 4.67. The van der Waals surface area contributed by atoms with E-state index in [1.54, 1.807) is 12.4 Å². The average Bonchev–Trinajstić information content (AvgIpc) is 2.28. The molecule has 1 aliphatic heterocycles. The molecule has 0 bridgehead atoms. The molecule has 1 aromatic rings. The molecule has 0 radical (unpaired) electrons. The lowest BCUT2D eigenvalue weighted by molar-refractivity contribution is 0.201. The van der Waals surface area contributed by atoms with Crippen molar-refractivity contribution in [2.75, 3.05) is 30.3 Å². The number of nitrogens with zero attached hydrogens (tertiary/aromatic N) is 2. The van der Waals surface area contributed by atoms with Gasteiger partial charge in [-0.15, -0.1) is 0 Å². The molecule has 1 aliphatic rings. The summed E-state index contributed by atoms with van der Waals surface area (Å²) in [7, 11) is 0. The number of nitrogens with two attached hydrogens (primary N) is 2. The molecule has 5 heteroatoms. The van der Waals surface area contributed by atoms with E-state index in [9.17, 15) is 5.11 Å². The van der Waals surface area contributed by atoms with Crippen molar-refractivity contribution >= 4 is 11.4 Å². The Kier molecular flexibility index (Phi) is 3.26. The number of aromatic nitrogens is 1. The van der Waals surface area contributed by atoms with Crippen LogP contribution in [0.2, 0.25) is 0 Å². The molecule has 2 atom stereocenters. The van der Waals surface area contributed by atoms with Gasteiger partial charge in [-0.2, -0.15) is 0 Å². The fourth-order valence-electron chi connectivity index (χ4n) is 2.26. The van der Waals surface area contributed by atoms with Crippen molar-refractivity contribution in [2.45, 2.75) is 12.5 Å². The normalized spacial score (nSPS) is 25.8. The first-order chi connectivity index (χ1) is 7.70. The highest BCUT2D eigenvalue weighted by atomic mass is 16.3. The number of aliphatic hydroxyl groups is 1. The minimum atomic E-state index is 0.0958. The summed E-state index contributed by atoms with van der Waals surface area (Å²) in [6.45, 7) is 1.76. The second-order valence-electron chi connectivity index (χ2n) is 4.38. The van der Waals surface area contributed by atoms with Gasteiger partial charge < -0.3 is 21.5 Å². The molecule has 0 amide bonds. The molecule has 0 aromatic carbocycles. The Bertz CT molecular complexity index is 358. The summed E-state index contributed by atoms with van der Waals surface area (Å²) in [5.74, 6) is 0.233. The van der Waals surface area contributed by atoms with Crippen LogP contribution in [0.3, 0.4) is 0 Å². The number of hydrogen-bond donors (Lipinski definition) is 3. The molecule has 1 fully saturated rings. The van der Waals surface area contributed by atoms with Crippen molar-refractivity contribution in [3.05, 3.63) is 18.5 Å². The standard InChI is InChI=1S/C11H18N4O/c12-9-3-8(7-16)5-15(6-9)11-1-2-14-4-10(11)13/h1-2,4,8-9,16H,3,5-7,12-13H2. The minimum Gasteiger partial charge on any atom is -0.396 e. The summed E-state index contributed by atoms with van der Waals surface area (Å²) in [5.41, 5.74) is 13.5. The zero-order valence-corrected chi connectivity index (χ0v) is 9.21. The number of pyridine rings is 1. The van der Waals surface area contributed by atoms with Gasteiger partial charge in [0.05, 0.1) is 17.6 Å². The summed E-state index contributed by atoms with van der Waals surface area (Å²) in [6.07, 6.45) is 4.24. The van der Waals surface area contributed by atoms with Gasteiger partial charge in [-0.25, -0.2) is 0 Å².